The van der Waals surface area contributed by atoms with Crippen LogP contribution in [-0.2, 0) is 9.53 Å². The fourth-order valence-electron chi connectivity index (χ4n) is 1.74. The van der Waals surface area contributed by atoms with E-state index in [-0.39, 0.29) is 11.9 Å². The van der Waals surface area contributed by atoms with Crippen LogP contribution < -0.4 is 0 Å². The van der Waals surface area contributed by atoms with Crippen molar-refractivity contribution in [1.82, 2.24) is 0 Å². The molecule has 0 aromatic carbocycles. The second kappa shape index (κ2) is 7.84. The van der Waals surface area contributed by atoms with Crippen molar-refractivity contribution in [3.63, 3.8) is 0 Å². The Labute approximate surface area is 88.0 Å². The van der Waals surface area contributed by atoms with Crippen molar-refractivity contribution in [3.05, 3.63) is 0 Å². The molecule has 2 atom stereocenters. The first-order chi connectivity index (χ1) is 6.67. The van der Waals surface area contributed by atoms with E-state index in [2.05, 4.69) is 13.8 Å². The molecular weight excluding hydrogens is 176 g/mol. The molecule has 0 aromatic rings. The minimum absolute atomic E-state index is 0.0320. The van der Waals surface area contributed by atoms with Crippen LogP contribution in [0.1, 0.15) is 53.4 Å². The van der Waals surface area contributed by atoms with E-state index in [9.17, 15) is 4.79 Å². The summed E-state index contributed by atoms with van der Waals surface area (Å²) in [6.07, 6.45) is 4.63. The Morgan fingerprint density at radius 2 is 1.93 bits per heavy atom. The highest BCUT2D eigenvalue weighted by atomic mass is 16.5. The Hall–Kier alpha value is -0.530. The molecule has 14 heavy (non-hydrogen) atoms. The third-order valence-electron chi connectivity index (χ3n) is 2.82. The summed E-state index contributed by atoms with van der Waals surface area (Å²) in [5.41, 5.74) is 0. The second-order valence-corrected chi connectivity index (χ2v) is 3.85. The van der Waals surface area contributed by atoms with E-state index < -0.39 is 0 Å². The highest BCUT2D eigenvalue weighted by molar-refractivity contribution is 5.72. The summed E-state index contributed by atoms with van der Waals surface area (Å²) < 4.78 is 5.03. The Bertz CT molecular complexity index is 154. The summed E-state index contributed by atoms with van der Waals surface area (Å²) in [4.78, 5) is 11.5. The van der Waals surface area contributed by atoms with Crippen LogP contribution in [0.2, 0.25) is 0 Å². The number of unbranched alkanes of at least 4 members (excludes halogenated alkanes) is 1. The van der Waals surface area contributed by atoms with Gasteiger partial charge in [0.15, 0.2) is 0 Å². The van der Waals surface area contributed by atoms with Gasteiger partial charge in [0.1, 0.15) is 0 Å². The van der Waals surface area contributed by atoms with E-state index in [1.807, 2.05) is 13.8 Å². The van der Waals surface area contributed by atoms with E-state index in [4.69, 9.17) is 4.74 Å². The van der Waals surface area contributed by atoms with E-state index >= 15 is 0 Å². The molecule has 0 heterocycles. The number of ether oxygens (including phenoxy) is 1. The number of carbonyl (C=O) groups is 1. The molecule has 0 saturated heterocycles. The monoisotopic (exact) mass is 200 g/mol. The molecule has 0 radical (unpaired) electrons. The number of hydrogen-bond acceptors (Lipinski definition) is 2. The molecule has 0 saturated carbocycles. The van der Waals surface area contributed by atoms with Gasteiger partial charge in [0.25, 0.3) is 0 Å². The maximum absolute atomic E-state index is 11.5. The Morgan fingerprint density at radius 1 is 1.29 bits per heavy atom. The van der Waals surface area contributed by atoms with Gasteiger partial charge >= 0.3 is 5.97 Å². The Morgan fingerprint density at radius 3 is 2.36 bits per heavy atom. The average Bonchev–Trinajstić information content (AvgIpc) is 2.19. The maximum atomic E-state index is 11.5. The third-order valence-corrected chi connectivity index (χ3v) is 2.82. The van der Waals surface area contributed by atoms with Crippen molar-refractivity contribution >= 4 is 5.97 Å². The molecule has 0 N–H and O–H groups in total. The van der Waals surface area contributed by atoms with Gasteiger partial charge in [0.2, 0.25) is 0 Å². The molecule has 2 heteroatoms. The number of hydrogen-bond donors (Lipinski definition) is 0. The van der Waals surface area contributed by atoms with Crippen LogP contribution in [0.5, 0.6) is 0 Å². The van der Waals surface area contributed by atoms with E-state index in [0.717, 1.165) is 12.8 Å². The first-order valence-corrected chi connectivity index (χ1v) is 5.83. The number of carbonyl (C=O) groups excluding carboxylic acids is 1. The summed E-state index contributed by atoms with van der Waals surface area (Å²) in [7, 11) is 0. The summed E-state index contributed by atoms with van der Waals surface area (Å²) in [6.45, 7) is 8.67. The van der Waals surface area contributed by atoms with Gasteiger partial charge in [-0.05, 0) is 19.3 Å². The maximum Gasteiger partial charge on any atom is 0.308 e. The molecule has 84 valence electrons. The highest BCUT2D eigenvalue weighted by Gasteiger charge is 2.22. The van der Waals surface area contributed by atoms with Gasteiger partial charge in [-0.25, -0.2) is 0 Å². The Balaban J connectivity index is 4.01. The zero-order valence-corrected chi connectivity index (χ0v) is 10.0. The molecular formula is C12H24O2. The van der Waals surface area contributed by atoms with Crippen molar-refractivity contribution in [2.75, 3.05) is 6.61 Å². The van der Waals surface area contributed by atoms with E-state index in [1.165, 1.54) is 12.8 Å². The zero-order chi connectivity index (χ0) is 11.0. The summed E-state index contributed by atoms with van der Waals surface area (Å²) in [5, 5.41) is 0. The highest BCUT2D eigenvalue weighted by Crippen LogP contribution is 2.22. The molecule has 0 amide bonds. The molecule has 0 spiro atoms. The number of esters is 1. The van der Waals surface area contributed by atoms with Crippen LogP contribution >= 0.6 is 0 Å². The van der Waals surface area contributed by atoms with Gasteiger partial charge in [-0.1, -0.05) is 40.0 Å². The molecule has 0 aromatic heterocycles. The van der Waals surface area contributed by atoms with E-state index in [1.54, 1.807) is 0 Å². The quantitative estimate of drug-likeness (QED) is 0.589. The van der Waals surface area contributed by atoms with Gasteiger partial charge in [0.05, 0.1) is 12.5 Å². The normalized spacial score (nSPS) is 14.9. The molecule has 2 unspecified atom stereocenters. The standard InChI is InChI=1S/C12H24O2/c1-5-8-9-11(6-2)10(4)12(13)14-7-3/h10-11H,5-9H2,1-4H3. The van der Waals surface area contributed by atoms with Crippen LogP contribution in [0.3, 0.4) is 0 Å². The minimum atomic E-state index is -0.0320. The molecule has 0 bridgehead atoms. The smallest absolute Gasteiger partial charge is 0.308 e. The molecule has 0 rings (SSSR count). The zero-order valence-electron chi connectivity index (χ0n) is 10.0. The second-order valence-electron chi connectivity index (χ2n) is 3.85. The number of rotatable bonds is 7. The topological polar surface area (TPSA) is 26.3 Å². The van der Waals surface area contributed by atoms with Crippen molar-refractivity contribution in [3.8, 4) is 0 Å². The van der Waals surface area contributed by atoms with Crippen LogP contribution in [0.15, 0.2) is 0 Å². The van der Waals surface area contributed by atoms with Gasteiger partial charge in [-0.3, -0.25) is 4.79 Å². The van der Waals surface area contributed by atoms with Crippen molar-refractivity contribution in [2.45, 2.75) is 53.4 Å². The molecule has 0 aliphatic carbocycles. The summed E-state index contributed by atoms with van der Waals surface area (Å²) in [6, 6.07) is 0. The van der Waals surface area contributed by atoms with Crippen LogP contribution in [0.4, 0.5) is 0 Å². The van der Waals surface area contributed by atoms with Crippen LogP contribution in [-0.4, -0.2) is 12.6 Å². The fraction of sp³-hybridized carbons (Fsp3) is 0.917. The van der Waals surface area contributed by atoms with Crippen molar-refractivity contribution in [2.24, 2.45) is 11.8 Å². The molecule has 0 aliphatic heterocycles. The van der Waals surface area contributed by atoms with Crippen LogP contribution in [0, 0.1) is 11.8 Å². The lowest BCUT2D eigenvalue weighted by molar-refractivity contribution is -0.149. The summed E-state index contributed by atoms with van der Waals surface area (Å²) in [5.74, 6) is 0.524. The third kappa shape index (κ3) is 4.64. The summed E-state index contributed by atoms with van der Waals surface area (Å²) >= 11 is 0. The average molecular weight is 200 g/mol. The predicted octanol–water partition coefficient (Wildman–Crippen LogP) is 3.40. The van der Waals surface area contributed by atoms with Gasteiger partial charge in [-0.15, -0.1) is 0 Å². The first kappa shape index (κ1) is 13.5. The largest absolute Gasteiger partial charge is 0.466 e. The first-order valence-electron chi connectivity index (χ1n) is 5.83. The lowest BCUT2D eigenvalue weighted by Gasteiger charge is -2.20. The molecule has 2 nitrogen and oxygen atoms in total. The molecule has 0 fully saturated rings. The van der Waals surface area contributed by atoms with E-state index in [0.29, 0.717) is 12.5 Å². The van der Waals surface area contributed by atoms with Gasteiger partial charge in [0, 0.05) is 0 Å². The van der Waals surface area contributed by atoms with Crippen molar-refractivity contribution in [1.29, 1.82) is 0 Å². The van der Waals surface area contributed by atoms with Gasteiger partial charge < -0.3 is 4.74 Å². The molecule has 0 aliphatic rings. The van der Waals surface area contributed by atoms with Crippen LogP contribution in [0.25, 0.3) is 0 Å². The van der Waals surface area contributed by atoms with Crippen molar-refractivity contribution < 1.29 is 9.53 Å². The fourth-order valence-corrected chi connectivity index (χ4v) is 1.74. The Kier molecular flexibility index (Phi) is 7.54. The SMILES string of the molecule is CCCCC(CC)C(C)C(=O)OCC. The minimum Gasteiger partial charge on any atom is -0.466 e. The lowest BCUT2D eigenvalue weighted by Crippen LogP contribution is -2.23. The lowest BCUT2D eigenvalue weighted by atomic mass is 9.87. The van der Waals surface area contributed by atoms with Gasteiger partial charge in [-0.2, -0.15) is 0 Å². The predicted molar refractivity (Wildman–Crippen MR) is 59.1 cm³/mol.